The minimum Gasteiger partial charge on any atom is -0.384 e. The summed E-state index contributed by atoms with van der Waals surface area (Å²) < 4.78 is 38.0. The number of rotatable bonds is 3. The number of nitrogens with zero attached hydrogens (tertiary/aromatic N) is 2. The number of pyridine rings is 2. The summed E-state index contributed by atoms with van der Waals surface area (Å²) in [7, 11) is 0. The van der Waals surface area contributed by atoms with Crippen LogP contribution in [0.25, 0.3) is 0 Å². The molecule has 0 bridgehead atoms. The van der Waals surface area contributed by atoms with Gasteiger partial charge in [-0.15, -0.1) is 0 Å². The van der Waals surface area contributed by atoms with Crippen molar-refractivity contribution in [2.75, 3.05) is 11.1 Å². The average molecular weight is 282 g/mol. The van der Waals surface area contributed by atoms with E-state index in [1.807, 2.05) is 6.92 Å². The van der Waals surface area contributed by atoms with E-state index in [2.05, 4.69) is 15.3 Å². The lowest BCUT2D eigenvalue weighted by Crippen LogP contribution is -2.10. The van der Waals surface area contributed by atoms with Crippen LogP contribution in [0.15, 0.2) is 30.6 Å². The van der Waals surface area contributed by atoms with Crippen molar-refractivity contribution in [1.82, 2.24) is 9.97 Å². The van der Waals surface area contributed by atoms with E-state index in [-0.39, 0.29) is 11.6 Å². The first-order chi connectivity index (χ1) is 9.36. The van der Waals surface area contributed by atoms with Gasteiger partial charge in [-0.05, 0) is 36.2 Å². The molecule has 0 aliphatic carbocycles. The zero-order valence-electron chi connectivity index (χ0n) is 10.7. The van der Waals surface area contributed by atoms with Crippen LogP contribution in [0, 0.1) is 6.92 Å². The SMILES string of the molecule is Cc1cnccc1CNc1cc(C(F)(F)F)cc(N)n1. The van der Waals surface area contributed by atoms with Crippen LogP contribution in [0.1, 0.15) is 16.7 Å². The van der Waals surface area contributed by atoms with Gasteiger partial charge < -0.3 is 11.1 Å². The maximum absolute atomic E-state index is 12.7. The molecule has 0 unspecified atom stereocenters. The van der Waals surface area contributed by atoms with E-state index < -0.39 is 11.7 Å². The predicted molar refractivity (Wildman–Crippen MR) is 70.0 cm³/mol. The fourth-order valence-electron chi connectivity index (χ4n) is 1.69. The molecule has 0 aliphatic heterocycles. The Morgan fingerprint density at radius 1 is 1.30 bits per heavy atom. The molecule has 0 amide bonds. The zero-order chi connectivity index (χ0) is 14.8. The van der Waals surface area contributed by atoms with Crippen LogP contribution in [0.5, 0.6) is 0 Å². The molecule has 0 saturated carbocycles. The molecule has 0 aromatic carbocycles. The molecule has 2 heterocycles. The van der Waals surface area contributed by atoms with Crippen LogP contribution >= 0.6 is 0 Å². The Balaban J connectivity index is 2.18. The van der Waals surface area contributed by atoms with E-state index in [1.54, 1.807) is 18.5 Å². The van der Waals surface area contributed by atoms with Crippen LogP contribution in [0.2, 0.25) is 0 Å². The predicted octanol–water partition coefficient (Wildman–Crippen LogP) is 3.00. The summed E-state index contributed by atoms with van der Waals surface area (Å²) in [5.41, 5.74) is 6.45. The van der Waals surface area contributed by atoms with E-state index in [1.165, 1.54) is 0 Å². The molecule has 3 N–H and O–H groups in total. The van der Waals surface area contributed by atoms with Crippen molar-refractivity contribution < 1.29 is 13.2 Å². The van der Waals surface area contributed by atoms with E-state index in [4.69, 9.17) is 5.73 Å². The first-order valence-electron chi connectivity index (χ1n) is 5.84. The minimum atomic E-state index is -4.44. The molecular formula is C13H13F3N4. The second-order valence-corrected chi connectivity index (χ2v) is 4.32. The Labute approximate surface area is 113 Å². The fourth-order valence-corrected chi connectivity index (χ4v) is 1.69. The van der Waals surface area contributed by atoms with E-state index in [0.29, 0.717) is 6.54 Å². The number of nitrogens with two attached hydrogens (primary N) is 1. The highest BCUT2D eigenvalue weighted by atomic mass is 19.4. The van der Waals surface area contributed by atoms with Gasteiger partial charge in [-0.1, -0.05) is 0 Å². The Hall–Kier alpha value is -2.31. The maximum atomic E-state index is 12.7. The molecule has 0 aliphatic rings. The number of nitrogen functional groups attached to an aromatic ring is 1. The summed E-state index contributed by atoms with van der Waals surface area (Å²) in [6.07, 6.45) is -1.14. The van der Waals surface area contributed by atoms with Crippen molar-refractivity contribution in [2.24, 2.45) is 0 Å². The Morgan fingerprint density at radius 2 is 2.05 bits per heavy atom. The van der Waals surface area contributed by atoms with Crippen LogP contribution in [-0.4, -0.2) is 9.97 Å². The highest BCUT2D eigenvalue weighted by Crippen LogP contribution is 2.31. The van der Waals surface area contributed by atoms with Crippen molar-refractivity contribution in [3.05, 3.63) is 47.3 Å². The molecule has 20 heavy (non-hydrogen) atoms. The van der Waals surface area contributed by atoms with Gasteiger partial charge in [0.05, 0.1) is 5.56 Å². The Kier molecular flexibility index (Phi) is 3.78. The van der Waals surface area contributed by atoms with Crippen LogP contribution in [-0.2, 0) is 12.7 Å². The van der Waals surface area contributed by atoms with Gasteiger partial charge in [-0.2, -0.15) is 13.2 Å². The molecule has 7 heteroatoms. The first-order valence-corrected chi connectivity index (χ1v) is 5.84. The summed E-state index contributed by atoms with van der Waals surface area (Å²) in [5, 5.41) is 2.84. The van der Waals surface area contributed by atoms with Gasteiger partial charge >= 0.3 is 6.18 Å². The third-order valence-electron chi connectivity index (χ3n) is 2.77. The molecule has 2 aromatic heterocycles. The fraction of sp³-hybridized carbons (Fsp3) is 0.231. The Bertz CT molecular complexity index is 611. The maximum Gasteiger partial charge on any atom is 0.416 e. The van der Waals surface area contributed by atoms with Gasteiger partial charge in [0.1, 0.15) is 11.6 Å². The largest absolute Gasteiger partial charge is 0.416 e. The van der Waals surface area contributed by atoms with Crippen LogP contribution in [0.4, 0.5) is 24.8 Å². The number of alkyl halides is 3. The molecule has 0 radical (unpaired) electrons. The van der Waals surface area contributed by atoms with Crippen molar-refractivity contribution in [2.45, 2.75) is 19.6 Å². The average Bonchev–Trinajstić information content (AvgIpc) is 2.36. The second-order valence-electron chi connectivity index (χ2n) is 4.32. The summed E-state index contributed by atoms with van der Waals surface area (Å²) in [4.78, 5) is 7.79. The van der Waals surface area contributed by atoms with Crippen molar-refractivity contribution in [1.29, 1.82) is 0 Å². The number of aryl methyl sites for hydroxylation is 1. The molecular weight excluding hydrogens is 269 g/mol. The highest BCUT2D eigenvalue weighted by Gasteiger charge is 2.31. The van der Waals surface area contributed by atoms with E-state index in [9.17, 15) is 13.2 Å². The molecule has 4 nitrogen and oxygen atoms in total. The normalized spacial score (nSPS) is 11.4. The van der Waals surface area contributed by atoms with Gasteiger partial charge in [-0.3, -0.25) is 4.98 Å². The molecule has 106 valence electrons. The van der Waals surface area contributed by atoms with Gasteiger partial charge in [0.15, 0.2) is 0 Å². The molecule has 0 saturated heterocycles. The lowest BCUT2D eigenvalue weighted by atomic mass is 10.1. The van der Waals surface area contributed by atoms with E-state index >= 15 is 0 Å². The van der Waals surface area contributed by atoms with Gasteiger partial charge in [0.25, 0.3) is 0 Å². The zero-order valence-corrected chi connectivity index (χ0v) is 10.7. The number of hydrogen-bond donors (Lipinski definition) is 2. The molecule has 0 spiro atoms. The molecule has 2 aromatic rings. The molecule has 0 fully saturated rings. The third-order valence-corrected chi connectivity index (χ3v) is 2.77. The van der Waals surface area contributed by atoms with Crippen molar-refractivity contribution in [3.8, 4) is 0 Å². The minimum absolute atomic E-state index is 0.0912. The van der Waals surface area contributed by atoms with Crippen LogP contribution < -0.4 is 11.1 Å². The molecule has 2 rings (SSSR count). The lowest BCUT2D eigenvalue weighted by molar-refractivity contribution is -0.137. The summed E-state index contributed by atoms with van der Waals surface area (Å²) >= 11 is 0. The monoisotopic (exact) mass is 282 g/mol. The Morgan fingerprint density at radius 3 is 2.70 bits per heavy atom. The standard InChI is InChI=1S/C13H13F3N4/c1-8-6-18-3-2-9(8)7-19-12-5-10(13(14,15)16)4-11(17)20-12/h2-6H,7H2,1H3,(H3,17,19,20). The van der Waals surface area contributed by atoms with Crippen molar-refractivity contribution in [3.63, 3.8) is 0 Å². The van der Waals surface area contributed by atoms with E-state index in [0.717, 1.165) is 23.3 Å². The van der Waals surface area contributed by atoms with Crippen LogP contribution in [0.3, 0.4) is 0 Å². The topological polar surface area (TPSA) is 63.8 Å². The number of halogens is 3. The second kappa shape index (κ2) is 5.36. The third kappa shape index (κ3) is 3.37. The van der Waals surface area contributed by atoms with Gasteiger partial charge in [-0.25, -0.2) is 4.98 Å². The highest BCUT2D eigenvalue weighted by molar-refractivity contribution is 5.48. The number of nitrogens with one attached hydrogen (secondary N) is 1. The summed E-state index contributed by atoms with van der Waals surface area (Å²) in [6, 6.07) is 3.54. The smallest absolute Gasteiger partial charge is 0.384 e. The molecule has 0 atom stereocenters. The quantitative estimate of drug-likeness (QED) is 0.908. The number of hydrogen-bond acceptors (Lipinski definition) is 4. The number of anilines is 2. The first kappa shape index (κ1) is 14.1. The van der Waals surface area contributed by atoms with Crippen molar-refractivity contribution >= 4 is 11.6 Å². The summed E-state index contributed by atoms with van der Waals surface area (Å²) in [5.74, 6) is -0.0812. The lowest BCUT2D eigenvalue weighted by Gasteiger charge is -2.12. The van der Waals surface area contributed by atoms with Gasteiger partial charge in [0, 0.05) is 18.9 Å². The summed E-state index contributed by atoms with van der Waals surface area (Å²) in [6.45, 7) is 2.22. The van der Waals surface area contributed by atoms with Gasteiger partial charge in [0.2, 0.25) is 0 Å². The number of aromatic nitrogens is 2.